The van der Waals surface area contributed by atoms with Gasteiger partial charge in [-0.05, 0) is 56.7 Å². The number of ether oxygens (including phenoxy) is 1. The average Bonchev–Trinajstić information content (AvgIpc) is 3.29. The number of pyridine rings is 2. The van der Waals surface area contributed by atoms with E-state index in [2.05, 4.69) is 28.0 Å². The van der Waals surface area contributed by atoms with Gasteiger partial charge in [0, 0.05) is 47.8 Å². The molecular formula is C30H30FN5O3. The second-order valence-corrected chi connectivity index (χ2v) is 11.3. The van der Waals surface area contributed by atoms with Gasteiger partial charge in [-0.1, -0.05) is 13.0 Å². The SMILES string of the molecule is Cc1ccc(F)cc1C(=O)CC1(C)CN(c2ccc(-c3cc(OCC(C)(C)O)cn4ncc(C#N)c34)cn2)C1. The Bertz CT molecular complexity index is 1590. The van der Waals surface area contributed by atoms with Crippen molar-refractivity contribution in [3.8, 4) is 22.9 Å². The van der Waals surface area contributed by atoms with Crippen molar-refractivity contribution < 1.29 is 19.0 Å². The Hall–Kier alpha value is -4.29. The maximum absolute atomic E-state index is 13.7. The summed E-state index contributed by atoms with van der Waals surface area (Å²) in [5.41, 5.74) is 2.58. The van der Waals surface area contributed by atoms with E-state index in [1.165, 1.54) is 18.3 Å². The number of hydrogen-bond donors (Lipinski definition) is 1. The number of aromatic nitrogens is 3. The van der Waals surface area contributed by atoms with Gasteiger partial charge in [-0.25, -0.2) is 13.9 Å². The third kappa shape index (κ3) is 5.47. The lowest BCUT2D eigenvalue weighted by molar-refractivity contribution is 0.0283. The Kier molecular flexibility index (Phi) is 6.60. The first-order chi connectivity index (χ1) is 18.4. The lowest BCUT2D eigenvalue weighted by Crippen LogP contribution is -2.56. The van der Waals surface area contributed by atoms with Crippen molar-refractivity contribution in [1.29, 1.82) is 5.26 Å². The molecule has 1 aliphatic rings. The van der Waals surface area contributed by atoms with Crippen LogP contribution in [0.25, 0.3) is 16.6 Å². The molecule has 1 aliphatic heterocycles. The molecule has 1 N–H and O–H groups in total. The Morgan fingerprint density at radius 1 is 1.23 bits per heavy atom. The predicted molar refractivity (Wildman–Crippen MR) is 145 cm³/mol. The highest BCUT2D eigenvalue weighted by molar-refractivity contribution is 5.98. The number of hydrogen-bond acceptors (Lipinski definition) is 7. The second-order valence-electron chi connectivity index (χ2n) is 11.3. The fourth-order valence-corrected chi connectivity index (χ4v) is 5.00. The summed E-state index contributed by atoms with van der Waals surface area (Å²) in [6, 6.07) is 12.2. The topological polar surface area (TPSA) is 104 Å². The monoisotopic (exact) mass is 527 g/mol. The zero-order chi connectivity index (χ0) is 27.9. The van der Waals surface area contributed by atoms with Crippen molar-refractivity contribution in [3.63, 3.8) is 0 Å². The number of carbonyl (C=O) groups is 1. The van der Waals surface area contributed by atoms with Crippen molar-refractivity contribution in [2.45, 2.75) is 39.7 Å². The molecule has 4 aromatic rings. The highest BCUT2D eigenvalue weighted by Crippen LogP contribution is 2.38. The summed E-state index contributed by atoms with van der Waals surface area (Å²) in [5.74, 6) is 0.832. The molecule has 0 saturated carbocycles. The molecule has 4 heterocycles. The highest BCUT2D eigenvalue weighted by atomic mass is 19.1. The van der Waals surface area contributed by atoms with Crippen LogP contribution in [0.4, 0.5) is 10.2 Å². The Morgan fingerprint density at radius 3 is 2.67 bits per heavy atom. The number of anilines is 1. The van der Waals surface area contributed by atoms with Gasteiger partial charge < -0.3 is 14.7 Å². The Morgan fingerprint density at radius 2 is 2.00 bits per heavy atom. The zero-order valence-electron chi connectivity index (χ0n) is 22.4. The highest BCUT2D eigenvalue weighted by Gasteiger charge is 2.41. The van der Waals surface area contributed by atoms with Crippen LogP contribution in [-0.2, 0) is 0 Å². The van der Waals surface area contributed by atoms with Crippen LogP contribution < -0.4 is 9.64 Å². The Labute approximate surface area is 226 Å². The fourth-order valence-electron chi connectivity index (χ4n) is 5.00. The summed E-state index contributed by atoms with van der Waals surface area (Å²) in [4.78, 5) is 19.7. The molecule has 1 aromatic carbocycles. The number of aryl methyl sites for hydroxylation is 1. The van der Waals surface area contributed by atoms with Crippen molar-refractivity contribution in [3.05, 3.63) is 77.5 Å². The van der Waals surface area contributed by atoms with Crippen LogP contribution in [-0.4, -0.2) is 50.8 Å². The van der Waals surface area contributed by atoms with E-state index in [0.29, 0.717) is 41.9 Å². The van der Waals surface area contributed by atoms with Crippen LogP contribution in [0.3, 0.4) is 0 Å². The lowest BCUT2D eigenvalue weighted by atomic mass is 9.76. The van der Waals surface area contributed by atoms with Gasteiger partial charge >= 0.3 is 0 Å². The first-order valence-electron chi connectivity index (χ1n) is 12.7. The molecule has 0 amide bonds. The van der Waals surface area contributed by atoms with E-state index in [0.717, 1.165) is 22.5 Å². The van der Waals surface area contributed by atoms with Crippen LogP contribution in [0.5, 0.6) is 5.75 Å². The molecular weight excluding hydrogens is 497 g/mol. The summed E-state index contributed by atoms with van der Waals surface area (Å²) in [6.45, 7) is 8.61. The number of nitrogens with zero attached hydrogens (tertiary/aromatic N) is 5. The van der Waals surface area contributed by atoms with Gasteiger partial charge in [0.25, 0.3) is 0 Å². The summed E-state index contributed by atoms with van der Waals surface area (Å²) < 4.78 is 21.1. The number of ketones is 1. The molecule has 0 unspecified atom stereocenters. The predicted octanol–water partition coefficient (Wildman–Crippen LogP) is 4.96. The van der Waals surface area contributed by atoms with Gasteiger partial charge in [0.05, 0.1) is 29.1 Å². The minimum Gasteiger partial charge on any atom is -0.489 e. The molecule has 0 aliphatic carbocycles. The number of halogens is 1. The van der Waals surface area contributed by atoms with Crippen molar-refractivity contribution in [2.24, 2.45) is 5.41 Å². The zero-order valence-corrected chi connectivity index (χ0v) is 22.4. The minimum absolute atomic E-state index is 0.0535. The van der Waals surface area contributed by atoms with Gasteiger partial charge in [0.2, 0.25) is 0 Å². The first-order valence-corrected chi connectivity index (χ1v) is 12.7. The van der Waals surface area contributed by atoms with Crippen molar-refractivity contribution in [2.75, 3.05) is 24.6 Å². The lowest BCUT2D eigenvalue weighted by Gasteiger charge is -2.48. The molecule has 0 bridgehead atoms. The number of carbonyl (C=O) groups excluding carboxylic acids is 1. The van der Waals surface area contributed by atoms with Crippen LogP contribution in [0.15, 0.2) is 55.0 Å². The van der Waals surface area contributed by atoms with E-state index < -0.39 is 11.4 Å². The van der Waals surface area contributed by atoms with Gasteiger partial charge in [0.15, 0.2) is 5.78 Å². The maximum atomic E-state index is 13.7. The molecule has 39 heavy (non-hydrogen) atoms. The summed E-state index contributed by atoms with van der Waals surface area (Å²) >= 11 is 0. The van der Waals surface area contributed by atoms with Crippen LogP contribution in [0.1, 0.15) is 48.7 Å². The fraction of sp³-hybridized carbons (Fsp3) is 0.333. The molecule has 3 aromatic heterocycles. The largest absolute Gasteiger partial charge is 0.489 e. The molecule has 0 atom stereocenters. The molecule has 9 heteroatoms. The number of aliphatic hydroxyl groups is 1. The molecule has 0 radical (unpaired) electrons. The smallest absolute Gasteiger partial charge is 0.163 e. The van der Waals surface area contributed by atoms with Gasteiger partial charge in [-0.3, -0.25) is 4.79 Å². The Balaban J connectivity index is 1.34. The van der Waals surface area contributed by atoms with E-state index >= 15 is 0 Å². The number of rotatable bonds is 8. The minimum atomic E-state index is -1.01. The summed E-state index contributed by atoms with van der Waals surface area (Å²) in [6.07, 6.45) is 5.27. The summed E-state index contributed by atoms with van der Waals surface area (Å²) in [7, 11) is 0. The molecule has 8 nitrogen and oxygen atoms in total. The van der Waals surface area contributed by atoms with E-state index in [-0.39, 0.29) is 17.8 Å². The number of nitriles is 1. The van der Waals surface area contributed by atoms with E-state index in [9.17, 15) is 19.6 Å². The van der Waals surface area contributed by atoms with Crippen molar-refractivity contribution in [1.82, 2.24) is 14.6 Å². The normalized spacial score (nSPS) is 14.6. The quantitative estimate of drug-likeness (QED) is 0.323. The third-order valence-corrected chi connectivity index (χ3v) is 6.91. The average molecular weight is 528 g/mol. The van der Waals surface area contributed by atoms with Gasteiger partial charge in [-0.2, -0.15) is 10.4 Å². The number of Topliss-reactive ketones (excluding diaryl/α,β-unsaturated/α-hetero) is 1. The number of fused-ring (bicyclic) bond motifs is 1. The number of benzene rings is 1. The first kappa shape index (κ1) is 26.3. The molecule has 1 saturated heterocycles. The standard InChI is InChI=1S/C30H30FN5O3/c1-19-5-7-22(31)9-24(19)26(37)11-30(4)16-35(17-30)27-8-6-20(13-33-27)25-10-23(39-18-29(2,3)38)15-36-28(25)21(12-32)14-34-36/h5-10,13-15,38H,11,16-18H2,1-4H3. The van der Waals surface area contributed by atoms with Gasteiger partial charge in [-0.15, -0.1) is 0 Å². The van der Waals surface area contributed by atoms with Crippen LogP contribution >= 0.6 is 0 Å². The molecule has 0 spiro atoms. The molecule has 5 rings (SSSR count). The van der Waals surface area contributed by atoms with Crippen LogP contribution in [0, 0.1) is 29.5 Å². The molecule has 200 valence electrons. The third-order valence-electron chi connectivity index (χ3n) is 6.91. The maximum Gasteiger partial charge on any atom is 0.163 e. The summed E-state index contributed by atoms with van der Waals surface area (Å²) in [5, 5.41) is 24.0. The molecule has 1 fully saturated rings. The van der Waals surface area contributed by atoms with Gasteiger partial charge in [0.1, 0.15) is 30.1 Å². The second kappa shape index (κ2) is 9.79. The van der Waals surface area contributed by atoms with E-state index in [4.69, 9.17) is 4.74 Å². The van der Waals surface area contributed by atoms with Crippen LogP contribution in [0.2, 0.25) is 0 Å². The van der Waals surface area contributed by atoms with Crippen molar-refractivity contribution >= 4 is 17.1 Å². The van der Waals surface area contributed by atoms with E-state index in [1.54, 1.807) is 36.8 Å². The van der Waals surface area contributed by atoms with E-state index in [1.807, 2.05) is 25.1 Å².